The van der Waals surface area contributed by atoms with Crippen molar-refractivity contribution in [2.24, 2.45) is 0 Å². The zero-order chi connectivity index (χ0) is 13.6. The van der Waals surface area contributed by atoms with E-state index in [0.29, 0.717) is 24.3 Å². The largest absolute Gasteiger partial charge is 0.388 e. The molecule has 0 bridgehead atoms. The molecule has 3 nitrogen and oxygen atoms in total. The Balaban J connectivity index is 2.36. The van der Waals surface area contributed by atoms with E-state index in [1.165, 1.54) is 0 Å². The van der Waals surface area contributed by atoms with Crippen molar-refractivity contribution in [3.05, 3.63) is 34.9 Å². The number of benzene rings is 1. The first kappa shape index (κ1) is 15.0. The van der Waals surface area contributed by atoms with E-state index < -0.39 is 5.60 Å². The lowest BCUT2D eigenvalue weighted by Crippen LogP contribution is -2.40. The van der Waals surface area contributed by atoms with Gasteiger partial charge in [-0.3, -0.25) is 4.79 Å². The van der Waals surface area contributed by atoms with Crippen LogP contribution in [0.25, 0.3) is 0 Å². The average molecular weight is 270 g/mol. The lowest BCUT2D eigenvalue weighted by atomic mass is 10.0. The molecule has 1 unspecified atom stereocenters. The second-order valence-corrected chi connectivity index (χ2v) is 5.13. The summed E-state index contributed by atoms with van der Waals surface area (Å²) in [4.78, 5) is 11.6. The maximum Gasteiger partial charge on any atom is 0.220 e. The van der Waals surface area contributed by atoms with E-state index >= 15 is 0 Å². The molecule has 0 aliphatic rings. The normalized spacial score (nSPS) is 14.0. The van der Waals surface area contributed by atoms with Gasteiger partial charge in [0.25, 0.3) is 0 Å². The van der Waals surface area contributed by atoms with E-state index in [1.54, 1.807) is 6.92 Å². The van der Waals surface area contributed by atoms with E-state index in [9.17, 15) is 9.90 Å². The molecule has 0 saturated heterocycles. The number of carbonyl (C=O) groups excluding carboxylic acids is 1. The molecule has 1 aromatic rings. The van der Waals surface area contributed by atoms with Crippen LogP contribution in [0.2, 0.25) is 5.02 Å². The summed E-state index contributed by atoms with van der Waals surface area (Å²) >= 11 is 6.01. The summed E-state index contributed by atoms with van der Waals surface area (Å²) in [5, 5.41) is 13.2. The fourth-order valence-electron chi connectivity index (χ4n) is 1.45. The Morgan fingerprint density at radius 2 is 2.11 bits per heavy atom. The molecule has 100 valence electrons. The molecule has 1 amide bonds. The number of aliphatic hydroxyl groups is 1. The minimum absolute atomic E-state index is 0.0661. The highest BCUT2D eigenvalue weighted by Gasteiger charge is 2.18. The van der Waals surface area contributed by atoms with Gasteiger partial charge in [-0.15, -0.1) is 0 Å². The topological polar surface area (TPSA) is 49.3 Å². The molecule has 18 heavy (non-hydrogen) atoms. The van der Waals surface area contributed by atoms with Crippen LogP contribution in [0.15, 0.2) is 24.3 Å². The molecule has 1 aromatic carbocycles. The van der Waals surface area contributed by atoms with Crippen LogP contribution in [0.3, 0.4) is 0 Å². The molecule has 0 aliphatic carbocycles. The number of halogens is 1. The minimum atomic E-state index is -0.833. The fourth-order valence-corrected chi connectivity index (χ4v) is 1.68. The van der Waals surface area contributed by atoms with Crippen molar-refractivity contribution in [3.8, 4) is 0 Å². The molecule has 0 aliphatic heterocycles. The van der Waals surface area contributed by atoms with Gasteiger partial charge in [0.2, 0.25) is 5.91 Å². The predicted molar refractivity (Wildman–Crippen MR) is 73.7 cm³/mol. The van der Waals surface area contributed by atoms with E-state index in [2.05, 4.69) is 5.32 Å². The van der Waals surface area contributed by atoms with Gasteiger partial charge in [-0.05, 0) is 31.4 Å². The Labute approximate surface area is 113 Å². The number of nitrogens with one attached hydrogen (secondary N) is 1. The predicted octanol–water partition coefficient (Wildman–Crippen LogP) is 2.55. The maximum absolute atomic E-state index is 11.6. The van der Waals surface area contributed by atoms with Crippen LogP contribution in [0.4, 0.5) is 0 Å². The third kappa shape index (κ3) is 5.07. The van der Waals surface area contributed by atoms with Crippen molar-refractivity contribution < 1.29 is 9.90 Å². The summed E-state index contributed by atoms with van der Waals surface area (Å²) in [5.41, 5.74) is 0.136. The summed E-state index contributed by atoms with van der Waals surface area (Å²) in [6, 6.07) is 7.50. The zero-order valence-electron chi connectivity index (χ0n) is 10.9. The number of amides is 1. The molecule has 1 rings (SSSR count). The summed E-state index contributed by atoms with van der Waals surface area (Å²) in [5.74, 6) is -0.0661. The molecule has 0 radical (unpaired) electrons. The molecule has 0 saturated carbocycles. The fraction of sp³-hybridized carbons (Fsp3) is 0.500. The molecule has 1 atom stereocenters. The lowest BCUT2D eigenvalue weighted by molar-refractivity contribution is -0.122. The van der Waals surface area contributed by atoms with Gasteiger partial charge in [0, 0.05) is 18.0 Å². The van der Waals surface area contributed by atoms with E-state index in [0.717, 1.165) is 5.56 Å². The minimum Gasteiger partial charge on any atom is -0.388 e. The number of carbonyl (C=O) groups is 1. The van der Waals surface area contributed by atoms with E-state index in [1.807, 2.05) is 31.2 Å². The summed E-state index contributed by atoms with van der Waals surface area (Å²) in [6.45, 7) is 3.88. The smallest absolute Gasteiger partial charge is 0.220 e. The van der Waals surface area contributed by atoms with Gasteiger partial charge in [-0.25, -0.2) is 0 Å². The summed E-state index contributed by atoms with van der Waals surface area (Å²) in [7, 11) is 0. The highest BCUT2D eigenvalue weighted by molar-refractivity contribution is 6.31. The summed E-state index contributed by atoms with van der Waals surface area (Å²) < 4.78 is 0. The van der Waals surface area contributed by atoms with Crippen LogP contribution in [0.1, 0.15) is 32.3 Å². The van der Waals surface area contributed by atoms with Gasteiger partial charge >= 0.3 is 0 Å². The number of aryl methyl sites for hydroxylation is 1. The highest BCUT2D eigenvalue weighted by atomic mass is 35.5. The van der Waals surface area contributed by atoms with Gasteiger partial charge in [0.1, 0.15) is 0 Å². The maximum atomic E-state index is 11.6. The Morgan fingerprint density at radius 1 is 1.44 bits per heavy atom. The van der Waals surface area contributed by atoms with Crippen LogP contribution < -0.4 is 5.32 Å². The first-order valence-corrected chi connectivity index (χ1v) is 6.55. The van der Waals surface area contributed by atoms with Crippen molar-refractivity contribution in [2.75, 3.05) is 6.54 Å². The number of hydrogen-bond donors (Lipinski definition) is 2. The van der Waals surface area contributed by atoms with Gasteiger partial charge in [-0.2, -0.15) is 0 Å². The molecule has 2 N–H and O–H groups in total. The first-order valence-electron chi connectivity index (χ1n) is 6.17. The molecule has 0 aromatic heterocycles. The number of hydrogen-bond acceptors (Lipinski definition) is 2. The van der Waals surface area contributed by atoms with Crippen molar-refractivity contribution in [1.82, 2.24) is 5.32 Å². The van der Waals surface area contributed by atoms with Crippen LogP contribution in [-0.2, 0) is 11.2 Å². The Bertz CT molecular complexity index is 405. The highest BCUT2D eigenvalue weighted by Crippen LogP contribution is 2.16. The van der Waals surface area contributed by atoms with Crippen LogP contribution in [0, 0.1) is 0 Å². The van der Waals surface area contributed by atoms with Crippen molar-refractivity contribution in [1.29, 1.82) is 0 Å². The third-order valence-electron chi connectivity index (χ3n) is 3.01. The second-order valence-electron chi connectivity index (χ2n) is 4.72. The van der Waals surface area contributed by atoms with Gasteiger partial charge in [-0.1, -0.05) is 36.7 Å². The Kier molecular flexibility index (Phi) is 5.63. The van der Waals surface area contributed by atoms with Gasteiger partial charge in [0.15, 0.2) is 0 Å². The van der Waals surface area contributed by atoms with Crippen LogP contribution in [0.5, 0.6) is 0 Å². The van der Waals surface area contributed by atoms with Crippen molar-refractivity contribution in [3.63, 3.8) is 0 Å². The number of rotatable bonds is 6. The van der Waals surface area contributed by atoms with Gasteiger partial charge in [0.05, 0.1) is 5.60 Å². The van der Waals surface area contributed by atoms with Gasteiger partial charge < -0.3 is 10.4 Å². The molecule has 0 heterocycles. The molecule has 0 spiro atoms. The Morgan fingerprint density at radius 3 is 2.72 bits per heavy atom. The monoisotopic (exact) mass is 269 g/mol. The van der Waals surface area contributed by atoms with Crippen LogP contribution >= 0.6 is 11.6 Å². The third-order valence-corrected chi connectivity index (χ3v) is 3.38. The van der Waals surface area contributed by atoms with Crippen molar-refractivity contribution >= 4 is 17.5 Å². The second kappa shape index (κ2) is 6.76. The quantitative estimate of drug-likeness (QED) is 0.834. The first-order chi connectivity index (χ1) is 8.44. The van der Waals surface area contributed by atoms with E-state index in [-0.39, 0.29) is 12.5 Å². The molecular formula is C14H20ClNO2. The molecule has 0 fully saturated rings. The zero-order valence-corrected chi connectivity index (χ0v) is 11.6. The van der Waals surface area contributed by atoms with Crippen molar-refractivity contribution in [2.45, 2.75) is 38.7 Å². The SMILES string of the molecule is CCC(C)(O)CNC(=O)CCc1ccccc1Cl. The lowest BCUT2D eigenvalue weighted by Gasteiger charge is -2.21. The summed E-state index contributed by atoms with van der Waals surface area (Å²) in [6.07, 6.45) is 1.60. The average Bonchev–Trinajstić information content (AvgIpc) is 2.35. The van der Waals surface area contributed by atoms with E-state index in [4.69, 9.17) is 11.6 Å². The van der Waals surface area contributed by atoms with Crippen LogP contribution in [-0.4, -0.2) is 23.2 Å². The molecule has 4 heteroatoms. The molecular weight excluding hydrogens is 250 g/mol. The standard InChI is InChI=1S/C14H20ClNO2/c1-3-14(2,18)10-16-13(17)9-8-11-6-4-5-7-12(11)15/h4-7,18H,3,8-10H2,1-2H3,(H,16,17). The Hall–Kier alpha value is -1.06.